The highest BCUT2D eigenvalue weighted by molar-refractivity contribution is 9.10. The number of hydrogen-bond acceptors (Lipinski definition) is 2. The highest BCUT2D eigenvalue weighted by Crippen LogP contribution is 2.13. The average Bonchev–Trinajstić information content (AvgIpc) is 2.37. The molecule has 1 rings (SSSR count). The van der Waals surface area contributed by atoms with Crippen LogP contribution in [0, 0.1) is 5.92 Å². The molecule has 112 valence electrons. The van der Waals surface area contributed by atoms with Gasteiger partial charge >= 0.3 is 0 Å². The van der Waals surface area contributed by atoms with Crippen molar-refractivity contribution in [2.75, 3.05) is 13.1 Å². The Bertz CT molecular complexity index is 412. The second-order valence-electron chi connectivity index (χ2n) is 6.02. The van der Waals surface area contributed by atoms with Crippen LogP contribution in [0.3, 0.4) is 0 Å². The summed E-state index contributed by atoms with van der Waals surface area (Å²) in [4.78, 5) is 14.6. The molecule has 0 N–H and O–H groups in total. The Morgan fingerprint density at radius 2 is 1.75 bits per heavy atom. The number of Topliss-reactive ketones (excluding diaryl/α,β-unsaturated/α-hetero) is 1. The molecule has 0 heterocycles. The molecule has 0 unspecified atom stereocenters. The maximum atomic E-state index is 12.1. The summed E-state index contributed by atoms with van der Waals surface area (Å²) in [6.45, 7) is 11.0. The van der Waals surface area contributed by atoms with Crippen molar-refractivity contribution in [1.82, 2.24) is 4.90 Å². The van der Waals surface area contributed by atoms with Crippen LogP contribution in [-0.4, -0.2) is 29.8 Å². The molecule has 0 fully saturated rings. The minimum absolute atomic E-state index is 0.241. The zero-order chi connectivity index (χ0) is 15.1. The minimum Gasteiger partial charge on any atom is -0.301 e. The van der Waals surface area contributed by atoms with E-state index in [1.807, 2.05) is 24.3 Å². The zero-order valence-corrected chi connectivity index (χ0v) is 14.6. The third-order valence-corrected chi connectivity index (χ3v) is 3.87. The largest absolute Gasteiger partial charge is 0.301 e. The van der Waals surface area contributed by atoms with E-state index in [-0.39, 0.29) is 5.78 Å². The fourth-order valence-electron chi connectivity index (χ4n) is 2.25. The van der Waals surface area contributed by atoms with Gasteiger partial charge in [0.05, 0.1) is 0 Å². The van der Waals surface area contributed by atoms with E-state index >= 15 is 0 Å². The fourth-order valence-corrected chi connectivity index (χ4v) is 2.52. The predicted molar refractivity (Wildman–Crippen MR) is 89.3 cm³/mol. The first-order valence-corrected chi connectivity index (χ1v) is 8.22. The number of ketones is 1. The third kappa shape index (κ3) is 6.19. The Morgan fingerprint density at radius 3 is 2.25 bits per heavy atom. The molecule has 0 aliphatic heterocycles. The number of hydrogen-bond donors (Lipinski definition) is 0. The fraction of sp³-hybridized carbons (Fsp3) is 0.588. The van der Waals surface area contributed by atoms with Crippen LogP contribution >= 0.6 is 15.9 Å². The van der Waals surface area contributed by atoms with Crippen LogP contribution in [0.4, 0.5) is 0 Å². The first-order chi connectivity index (χ1) is 9.40. The number of benzene rings is 1. The lowest BCUT2D eigenvalue weighted by Crippen LogP contribution is -2.35. The van der Waals surface area contributed by atoms with Gasteiger partial charge in [-0.2, -0.15) is 0 Å². The van der Waals surface area contributed by atoms with Gasteiger partial charge in [0, 0.05) is 29.0 Å². The first kappa shape index (κ1) is 17.4. The maximum absolute atomic E-state index is 12.1. The number of rotatable bonds is 8. The van der Waals surface area contributed by atoms with Gasteiger partial charge in [-0.1, -0.05) is 41.9 Å². The molecular formula is C17H26BrNO. The molecule has 20 heavy (non-hydrogen) atoms. The van der Waals surface area contributed by atoms with Gasteiger partial charge in [-0.25, -0.2) is 0 Å². The predicted octanol–water partition coefficient (Wildman–Crippen LogP) is 4.78. The lowest BCUT2D eigenvalue weighted by molar-refractivity contribution is 0.0970. The summed E-state index contributed by atoms with van der Waals surface area (Å²) in [7, 11) is 0. The van der Waals surface area contributed by atoms with Crippen LogP contribution in [-0.2, 0) is 0 Å². The molecule has 0 aliphatic rings. The van der Waals surface area contributed by atoms with Gasteiger partial charge in [0.2, 0.25) is 0 Å². The molecule has 0 spiro atoms. The summed E-state index contributed by atoms with van der Waals surface area (Å²) in [6.07, 6.45) is 1.56. The SMILES string of the molecule is CC(C)CN(CCCC(=O)c1ccc(Br)cc1)C(C)C. The van der Waals surface area contributed by atoms with Crippen LogP contribution in [0.25, 0.3) is 0 Å². The highest BCUT2D eigenvalue weighted by Gasteiger charge is 2.12. The monoisotopic (exact) mass is 339 g/mol. The smallest absolute Gasteiger partial charge is 0.162 e. The van der Waals surface area contributed by atoms with Crippen molar-refractivity contribution in [1.29, 1.82) is 0 Å². The van der Waals surface area contributed by atoms with Gasteiger partial charge in [0.15, 0.2) is 5.78 Å². The molecule has 0 saturated carbocycles. The molecule has 2 nitrogen and oxygen atoms in total. The van der Waals surface area contributed by atoms with Crippen LogP contribution < -0.4 is 0 Å². The maximum Gasteiger partial charge on any atom is 0.162 e. The van der Waals surface area contributed by atoms with Crippen molar-refractivity contribution in [3.8, 4) is 0 Å². The van der Waals surface area contributed by atoms with Crippen molar-refractivity contribution in [2.24, 2.45) is 5.92 Å². The number of halogens is 1. The van der Waals surface area contributed by atoms with Crippen molar-refractivity contribution in [2.45, 2.75) is 46.6 Å². The Hall–Kier alpha value is -0.670. The van der Waals surface area contributed by atoms with Gasteiger partial charge in [-0.15, -0.1) is 0 Å². The van der Waals surface area contributed by atoms with Gasteiger partial charge in [0.25, 0.3) is 0 Å². The lowest BCUT2D eigenvalue weighted by Gasteiger charge is -2.28. The van der Waals surface area contributed by atoms with E-state index in [0.717, 1.165) is 29.5 Å². The standard InChI is InChI=1S/C17H26BrNO/c1-13(2)12-19(14(3)4)11-5-6-17(20)15-7-9-16(18)10-8-15/h7-10,13-14H,5-6,11-12H2,1-4H3. The molecule has 0 atom stereocenters. The summed E-state index contributed by atoms with van der Waals surface area (Å²) in [6, 6.07) is 8.17. The molecule has 1 aromatic rings. The summed E-state index contributed by atoms with van der Waals surface area (Å²) in [5, 5.41) is 0. The number of carbonyl (C=O) groups is 1. The van der Waals surface area contributed by atoms with E-state index in [9.17, 15) is 4.79 Å². The first-order valence-electron chi connectivity index (χ1n) is 7.43. The molecule has 0 aromatic heterocycles. The van der Waals surface area contributed by atoms with Crippen molar-refractivity contribution < 1.29 is 4.79 Å². The molecular weight excluding hydrogens is 314 g/mol. The van der Waals surface area contributed by atoms with Crippen molar-refractivity contribution in [3.05, 3.63) is 34.3 Å². The van der Waals surface area contributed by atoms with Crippen molar-refractivity contribution >= 4 is 21.7 Å². The van der Waals surface area contributed by atoms with E-state index < -0.39 is 0 Å². The van der Waals surface area contributed by atoms with E-state index in [0.29, 0.717) is 18.4 Å². The normalized spacial score (nSPS) is 11.6. The molecule has 0 saturated heterocycles. The minimum atomic E-state index is 0.241. The Labute approximate surface area is 131 Å². The second-order valence-corrected chi connectivity index (χ2v) is 6.93. The summed E-state index contributed by atoms with van der Waals surface area (Å²) < 4.78 is 1.01. The van der Waals surface area contributed by atoms with Crippen LogP contribution in [0.2, 0.25) is 0 Å². The van der Waals surface area contributed by atoms with E-state index in [4.69, 9.17) is 0 Å². The van der Waals surface area contributed by atoms with E-state index in [1.54, 1.807) is 0 Å². The highest BCUT2D eigenvalue weighted by atomic mass is 79.9. The third-order valence-electron chi connectivity index (χ3n) is 3.35. The second kappa shape index (κ2) is 8.58. The average molecular weight is 340 g/mol. The van der Waals surface area contributed by atoms with Crippen LogP contribution in [0.5, 0.6) is 0 Å². The lowest BCUT2D eigenvalue weighted by atomic mass is 10.1. The van der Waals surface area contributed by atoms with Crippen molar-refractivity contribution in [3.63, 3.8) is 0 Å². The Balaban J connectivity index is 2.42. The summed E-state index contributed by atoms with van der Waals surface area (Å²) >= 11 is 3.39. The number of carbonyl (C=O) groups excluding carboxylic acids is 1. The van der Waals surface area contributed by atoms with Crippen LogP contribution in [0.1, 0.15) is 50.9 Å². The van der Waals surface area contributed by atoms with Gasteiger partial charge in [-0.05, 0) is 44.9 Å². The quantitative estimate of drug-likeness (QED) is 0.635. The topological polar surface area (TPSA) is 20.3 Å². The molecule has 0 bridgehead atoms. The molecule has 0 aliphatic carbocycles. The zero-order valence-electron chi connectivity index (χ0n) is 13.0. The molecule has 0 radical (unpaired) electrons. The Kier molecular flexibility index (Phi) is 7.46. The molecule has 0 amide bonds. The van der Waals surface area contributed by atoms with Gasteiger partial charge < -0.3 is 4.90 Å². The molecule has 1 aromatic carbocycles. The summed E-state index contributed by atoms with van der Waals surface area (Å²) in [5.41, 5.74) is 0.813. The van der Waals surface area contributed by atoms with E-state index in [1.165, 1.54) is 0 Å². The summed E-state index contributed by atoms with van der Waals surface area (Å²) in [5.74, 6) is 0.908. The molecule has 3 heteroatoms. The van der Waals surface area contributed by atoms with Gasteiger partial charge in [-0.3, -0.25) is 4.79 Å². The Morgan fingerprint density at radius 1 is 1.15 bits per heavy atom. The van der Waals surface area contributed by atoms with Gasteiger partial charge in [0.1, 0.15) is 0 Å². The number of nitrogens with zero attached hydrogens (tertiary/aromatic N) is 1. The van der Waals surface area contributed by atoms with Crippen LogP contribution in [0.15, 0.2) is 28.7 Å². The van der Waals surface area contributed by atoms with E-state index in [2.05, 4.69) is 48.5 Å².